The number of pyridine rings is 1. The molecule has 170 valence electrons. The van der Waals surface area contributed by atoms with Gasteiger partial charge in [-0.1, -0.05) is 48.5 Å². The van der Waals surface area contributed by atoms with Crippen LogP contribution in [0.15, 0.2) is 71.9 Å². The second kappa shape index (κ2) is 10.0. The molecule has 7 nitrogen and oxygen atoms in total. The Balaban J connectivity index is 1.10. The van der Waals surface area contributed by atoms with E-state index in [0.717, 1.165) is 69.5 Å². The Bertz CT molecular complexity index is 1230. The molecule has 0 aliphatic carbocycles. The summed E-state index contributed by atoms with van der Waals surface area (Å²) in [6.07, 6.45) is 3.89. The predicted molar refractivity (Wildman–Crippen MR) is 133 cm³/mol. The third-order valence-electron chi connectivity index (χ3n) is 6.40. The lowest BCUT2D eigenvalue weighted by atomic mass is 10.0. The van der Waals surface area contributed by atoms with Crippen molar-refractivity contribution in [1.82, 2.24) is 29.7 Å². The Morgan fingerprint density at radius 1 is 0.939 bits per heavy atom. The summed E-state index contributed by atoms with van der Waals surface area (Å²) in [5.74, 6) is 2.00. The van der Waals surface area contributed by atoms with Gasteiger partial charge in [0, 0.05) is 58.9 Å². The summed E-state index contributed by atoms with van der Waals surface area (Å²) in [5, 5.41) is 14.8. The largest absolute Gasteiger partial charge is 0.356 e. The van der Waals surface area contributed by atoms with Crippen molar-refractivity contribution >= 4 is 22.4 Å². The van der Waals surface area contributed by atoms with Crippen LogP contribution in [0, 0.1) is 0 Å². The van der Waals surface area contributed by atoms with Crippen LogP contribution >= 0.6 is 0 Å². The number of aryl methyl sites for hydroxylation is 1. The van der Waals surface area contributed by atoms with Crippen LogP contribution in [0.4, 0.5) is 0 Å². The number of nitrogens with zero attached hydrogens (tertiary/aromatic N) is 6. The molecule has 1 saturated heterocycles. The van der Waals surface area contributed by atoms with Crippen LogP contribution < -0.4 is 5.32 Å². The van der Waals surface area contributed by atoms with Crippen LogP contribution in [0.5, 0.6) is 0 Å². The predicted octanol–water partition coefficient (Wildman–Crippen LogP) is 3.21. The highest BCUT2D eigenvalue weighted by atomic mass is 15.3. The van der Waals surface area contributed by atoms with Crippen molar-refractivity contribution in [3.63, 3.8) is 0 Å². The molecular weight excluding hydrogens is 410 g/mol. The van der Waals surface area contributed by atoms with Crippen molar-refractivity contribution in [2.45, 2.75) is 19.4 Å². The van der Waals surface area contributed by atoms with E-state index in [-0.39, 0.29) is 0 Å². The maximum Gasteiger partial charge on any atom is 0.193 e. The maximum atomic E-state index is 4.53. The normalized spacial score (nSPS) is 15.4. The molecule has 0 unspecified atom stereocenters. The lowest BCUT2D eigenvalue weighted by molar-refractivity contribution is 0.173. The molecule has 7 heteroatoms. The van der Waals surface area contributed by atoms with Gasteiger partial charge in [-0.2, -0.15) is 0 Å². The number of nitrogens with one attached hydrogen (secondary N) is 1. The van der Waals surface area contributed by atoms with Crippen molar-refractivity contribution in [2.75, 3.05) is 39.8 Å². The van der Waals surface area contributed by atoms with Gasteiger partial charge in [-0.25, -0.2) is 0 Å². The highest BCUT2D eigenvalue weighted by molar-refractivity contribution is 5.85. The summed E-state index contributed by atoms with van der Waals surface area (Å²) < 4.78 is 2.06. The third kappa shape index (κ3) is 4.83. The molecule has 0 bridgehead atoms. The van der Waals surface area contributed by atoms with Crippen molar-refractivity contribution in [3.8, 4) is 0 Å². The molecule has 2 aromatic carbocycles. The highest BCUT2D eigenvalue weighted by Gasteiger charge is 2.20. The maximum absolute atomic E-state index is 4.53. The van der Waals surface area contributed by atoms with E-state index in [4.69, 9.17) is 0 Å². The molecule has 0 saturated carbocycles. The number of aliphatic imine (C=N–C) groups is 1. The van der Waals surface area contributed by atoms with Crippen LogP contribution in [-0.4, -0.2) is 70.1 Å². The summed E-state index contributed by atoms with van der Waals surface area (Å²) in [7, 11) is 1.87. The number of aromatic nitrogens is 3. The minimum atomic E-state index is 0.866. The van der Waals surface area contributed by atoms with Crippen LogP contribution in [0.1, 0.15) is 17.8 Å². The molecule has 4 aromatic rings. The number of guanidine groups is 1. The lowest BCUT2D eigenvalue weighted by Gasteiger charge is -2.36. The molecule has 1 aliphatic heterocycles. The van der Waals surface area contributed by atoms with Crippen molar-refractivity contribution < 1.29 is 0 Å². The first-order valence-corrected chi connectivity index (χ1v) is 11.7. The molecule has 0 radical (unpaired) electrons. The van der Waals surface area contributed by atoms with Gasteiger partial charge < -0.3 is 10.2 Å². The Kier molecular flexibility index (Phi) is 6.48. The summed E-state index contributed by atoms with van der Waals surface area (Å²) in [5.41, 5.74) is 2.31. The van der Waals surface area contributed by atoms with Gasteiger partial charge >= 0.3 is 0 Å². The Morgan fingerprint density at radius 2 is 1.76 bits per heavy atom. The number of benzene rings is 2. The van der Waals surface area contributed by atoms with Gasteiger partial charge in [-0.3, -0.25) is 14.3 Å². The molecule has 1 fully saturated rings. The standard InChI is InChI=1S/C26H31N7/c1-27-26(28-14-7-13-25-30-29-24-12-4-5-15-33(24)25)32-18-16-31(17-19-32)20-22-10-6-9-21-8-2-3-11-23(21)22/h2-6,8-12,15H,7,13-14,16-20H2,1H3,(H,27,28). The minimum Gasteiger partial charge on any atom is -0.356 e. The Morgan fingerprint density at radius 3 is 2.64 bits per heavy atom. The zero-order chi connectivity index (χ0) is 22.5. The van der Waals surface area contributed by atoms with E-state index in [2.05, 4.69) is 77.2 Å². The quantitative estimate of drug-likeness (QED) is 0.283. The van der Waals surface area contributed by atoms with Gasteiger partial charge in [-0.05, 0) is 34.9 Å². The van der Waals surface area contributed by atoms with E-state index in [1.807, 2.05) is 31.4 Å². The second-order valence-electron chi connectivity index (χ2n) is 8.52. The van der Waals surface area contributed by atoms with Crippen LogP contribution in [0.25, 0.3) is 16.4 Å². The topological polar surface area (TPSA) is 61.1 Å². The zero-order valence-corrected chi connectivity index (χ0v) is 19.2. The van der Waals surface area contributed by atoms with E-state index in [1.54, 1.807) is 0 Å². The van der Waals surface area contributed by atoms with E-state index in [9.17, 15) is 0 Å². The monoisotopic (exact) mass is 441 g/mol. The average Bonchev–Trinajstić information content (AvgIpc) is 3.28. The Labute approximate surface area is 194 Å². The first-order chi connectivity index (χ1) is 16.3. The summed E-state index contributed by atoms with van der Waals surface area (Å²) >= 11 is 0. The molecular formula is C26H31N7. The van der Waals surface area contributed by atoms with E-state index in [0.29, 0.717) is 0 Å². The molecule has 2 aromatic heterocycles. The molecule has 5 rings (SSSR count). The van der Waals surface area contributed by atoms with Gasteiger partial charge in [0.1, 0.15) is 5.82 Å². The van der Waals surface area contributed by atoms with Gasteiger partial charge in [0.2, 0.25) is 0 Å². The number of hydrogen-bond acceptors (Lipinski definition) is 4. The first kappa shape index (κ1) is 21.4. The molecule has 0 atom stereocenters. The summed E-state index contributed by atoms with van der Waals surface area (Å²) in [6.45, 7) is 5.90. The fourth-order valence-corrected chi connectivity index (χ4v) is 4.63. The average molecular weight is 442 g/mol. The number of piperazine rings is 1. The van der Waals surface area contributed by atoms with E-state index in [1.165, 1.54) is 16.3 Å². The van der Waals surface area contributed by atoms with Crippen LogP contribution in [0.3, 0.4) is 0 Å². The molecule has 0 spiro atoms. The van der Waals surface area contributed by atoms with Gasteiger partial charge in [-0.15, -0.1) is 10.2 Å². The molecule has 0 amide bonds. The molecule has 33 heavy (non-hydrogen) atoms. The number of rotatable bonds is 6. The zero-order valence-electron chi connectivity index (χ0n) is 19.2. The Hall–Kier alpha value is -3.45. The fraction of sp³-hybridized carbons (Fsp3) is 0.346. The van der Waals surface area contributed by atoms with Gasteiger partial charge in [0.25, 0.3) is 0 Å². The summed E-state index contributed by atoms with van der Waals surface area (Å²) in [6, 6.07) is 21.3. The molecule has 3 heterocycles. The molecule has 1 aliphatic rings. The summed E-state index contributed by atoms with van der Waals surface area (Å²) in [4.78, 5) is 9.44. The second-order valence-corrected chi connectivity index (χ2v) is 8.52. The highest BCUT2D eigenvalue weighted by Crippen LogP contribution is 2.20. The van der Waals surface area contributed by atoms with Gasteiger partial charge in [0.05, 0.1) is 0 Å². The van der Waals surface area contributed by atoms with Crippen LogP contribution in [0.2, 0.25) is 0 Å². The van der Waals surface area contributed by atoms with Crippen molar-refractivity contribution in [3.05, 3.63) is 78.2 Å². The van der Waals surface area contributed by atoms with E-state index < -0.39 is 0 Å². The van der Waals surface area contributed by atoms with Crippen molar-refractivity contribution in [2.24, 2.45) is 4.99 Å². The van der Waals surface area contributed by atoms with Gasteiger partial charge in [0.15, 0.2) is 11.6 Å². The smallest absolute Gasteiger partial charge is 0.193 e. The fourth-order valence-electron chi connectivity index (χ4n) is 4.63. The molecule has 1 N–H and O–H groups in total. The first-order valence-electron chi connectivity index (χ1n) is 11.7. The van der Waals surface area contributed by atoms with Crippen molar-refractivity contribution in [1.29, 1.82) is 0 Å². The number of hydrogen-bond donors (Lipinski definition) is 1. The minimum absolute atomic E-state index is 0.866. The SMILES string of the molecule is CN=C(NCCCc1nnc2ccccn12)N1CCN(Cc2cccc3ccccc23)CC1. The van der Waals surface area contributed by atoms with E-state index >= 15 is 0 Å². The third-order valence-corrected chi connectivity index (χ3v) is 6.40. The lowest BCUT2D eigenvalue weighted by Crippen LogP contribution is -2.52. The number of fused-ring (bicyclic) bond motifs is 2. The van der Waals surface area contributed by atoms with Crippen LogP contribution in [-0.2, 0) is 13.0 Å².